The Morgan fingerprint density at radius 1 is 1.00 bits per heavy atom. The number of carbonyl (C=O) groups excluding carboxylic acids is 1. The molecule has 126 valence electrons. The molecule has 0 atom stereocenters. The second kappa shape index (κ2) is 7.26. The molecule has 8 nitrogen and oxygen atoms in total. The van der Waals surface area contributed by atoms with Gasteiger partial charge < -0.3 is 0 Å². The van der Waals surface area contributed by atoms with E-state index in [0.29, 0.717) is 11.1 Å². The molecule has 0 aliphatic carbocycles. The minimum Gasteiger partial charge on any atom is -0.288 e. The third-order valence-electron chi connectivity index (χ3n) is 3.79. The number of carbonyl (C=O) groups is 1. The first-order valence-electron chi connectivity index (χ1n) is 7.52. The maximum absolute atomic E-state index is 11.5. The quantitative estimate of drug-likeness (QED) is 0.548. The standard InChI is InChI=1S/C18H12N6O2/c19-9-12-1-5-14(6-2-12)16(15-7-3-13(10-20)4-8-15)24-11-21-17(22-24)18(25)23-26/h1-8,11,16,26H,(H,23,25). The summed E-state index contributed by atoms with van der Waals surface area (Å²) in [5.74, 6) is -0.998. The summed E-state index contributed by atoms with van der Waals surface area (Å²) in [5.41, 5.74) is 4.16. The number of hydrogen-bond donors (Lipinski definition) is 2. The molecule has 1 heterocycles. The highest BCUT2D eigenvalue weighted by molar-refractivity contribution is 5.89. The lowest BCUT2D eigenvalue weighted by atomic mass is 9.97. The monoisotopic (exact) mass is 344 g/mol. The van der Waals surface area contributed by atoms with E-state index in [-0.39, 0.29) is 5.82 Å². The van der Waals surface area contributed by atoms with Gasteiger partial charge in [-0.1, -0.05) is 24.3 Å². The Labute approximate surface area is 148 Å². The molecule has 0 bridgehead atoms. The number of nitrogens with zero attached hydrogens (tertiary/aromatic N) is 5. The Morgan fingerprint density at radius 2 is 1.50 bits per heavy atom. The number of amides is 1. The van der Waals surface area contributed by atoms with E-state index in [0.717, 1.165) is 11.1 Å². The van der Waals surface area contributed by atoms with E-state index in [2.05, 4.69) is 22.2 Å². The molecular weight excluding hydrogens is 332 g/mol. The van der Waals surface area contributed by atoms with E-state index < -0.39 is 11.9 Å². The Balaban J connectivity index is 2.08. The van der Waals surface area contributed by atoms with Gasteiger partial charge in [-0.3, -0.25) is 10.0 Å². The number of hydroxylamine groups is 1. The van der Waals surface area contributed by atoms with Crippen molar-refractivity contribution in [2.75, 3.05) is 0 Å². The van der Waals surface area contributed by atoms with Gasteiger partial charge in [0, 0.05) is 0 Å². The van der Waals surface area contributed by atoms with Crippen LogP contribution in [-0.2, 0) is 0 Å². The molecule has 0 saturated carbocycles. The number of nitriles is 2. The number of aromatic nitrogens is 3. The molecule has 26 heavy (non-hydrogen) atoms. The highest BCUT2D eigenvalue weighted by Crippen LogP contribution is 2.26. The molecule has 0 fully saturated rings. The van der Waals surface area contributed by atoms with Gasteiger partial charge in [-0.15, -0.1) is 5.10 Å². The van der Waals surface area contributed by atoms with Gasteiger partial charge in [0.05, 0.1) is 23.3 Å². The van der Waals surface area contributed by atoms with E-state index in [1.54, 1.807) is 48.5 Å². The van der Waals surface area contributed by atoms with Crippen molar-refractivity contribution in [3.05, 3.63) is 82.9 Å². The zero-order chi connectivity index (χ0) is 18.5. The van der Waals surface area contributed by atoms with Gasteiger partial charge in [-0.05, 0) is 35.4 Å². The summed E-state index contributed by atoms with van der Waals surface area (Å²) < 4.78 is 1.48. The van der Waals surface area contributed by atoms with E-state index in [9.17, 15) is 4.79 Å². The van der Waals surface area contributed by atoms with Crippen molar-refractivity contribution in [2.45, 2.75) is 6.04 Å². The lowest BCUT2D eigenvalue weighted by molar-refractivity contribution is 0.0694. The summed E-state index contributed by atoms with van der Waals surface area (Å²) in [6.07, 6.45) is 1.38. The molecule has 1 aromatic heterocycles. The maximum atomic E-state index is 11.5. The van der Waals surface area contributed by atoms with Crippen LogP contribution in [0.4, 0.5) is 0 Å². The van der Waals surface area contributed by atoms with Crippen molar-refractivity contribution in [1.82, 2.24) is 20.2 Å². The SMILES string of the molecule is N#Cc1ccc(C(c2ccc(C#N)cc2)n2cnc(C(=O)NO)n2)cc1. The van der Waals surface area contributed by atoms with Crippen LogP contribution in [0.25, 0.3) is 0 Å². The van der Waals surface area contributed by atoms with Crippen LogP contribution in [0.2, 0.25) is 0 Å². The Bertz CT molecular complexity index is 952. The highest BCUT2D eigenvalue weighted by atomic mass is 16.5. The number of hydrogen-bond acceptors (Lipinski definition) is 6. The van der Waals surface area contributed by atoms with Crippen LogP contribution < -0.4 is 5.48 Å². The van der Waals surface area contributed by atoms with Crippen LogP contribution in [-0.4, -0.2) is 25.9 Å². The molecule has 0 spiro atoms. The Kier molecular flexibility index (Phi) is 4.70. The summed E-state index contributed by atoms with van der Waals surface area (Å²) in [4.78, 5) is 15.4. The molecule has 3 aromatic rings. The second-order valence-corrected chi connectivity index (χ2v) is 5.36. The largest absolute Gasteiger partial charge is 0.314 e. The molecule has 0 unspecified atom stereocenters. The average Bonchev–Trinajstić information content (AvgIpc) is 3.18. The lowest BCUT2D eigenvalue weighted by Gasteiger charge is -2.18. The fourth-order valence-corrected chi connectivity index (χ4v) is 2.53. The van der Waals surface area contributed by atoms with Crippen molar-refractivity contribution in [3.8, 4) is 12.1 Å². The molecule has 2 N–H and O–H groups in total. The second-order valence-electron chi connectivity index (χ2n) is 5.36. The van der Waals surface area contributed by atoms with E-state index in [1.807, 2.05) is 0 Å². The van der Waals surface area contributed by atoms with Gasteiger partial charge in [0.2, 0.25) is 5.82 Å². The molecule has 2 aromatic carbocycles. The fraction of sp³-hybridized carbons (Fsp3) is 0.0556. The number of nitrogens with one attached hydrogen (secondary N) is 1. The van der Waals surface area contributed by atoms with E-state index >= 15 is 0 Å². The van der Waals surface area contributed by atoms with Crippen LogP contribution in [0.1, 0.15) is 38.9 Å². The van der Waals surface area contributed by atoms with Crippen LogP contribution in [0, 0.1) is 22.7 Å². The highest BCUT2D eigenvalue weighted by Gasteiger charge is 2.20. The first-order valence-corrected chi connectivity index (χ1v) is 7.52. The van der Waals surface area contributed by atoms with Gasteiger partial charge in [0.1, 0.15) is 12.4 Å². The van der Waals surface area contributed by atoms with Crippen molar-refractivity contribution in [1.29, 1.82) is 10.5 Å². The number of benzene rings is 2. The Morgan fingerprint density at radius 3 is 1.92 bits per heavy atom. The zero-order valence-electron chi connectivity index (χ0n) is 13.4. The molecule has 0 saturated heterocycles. The first-order chi connectivity index (χ1) is 12.7. The summed E-state index contributed by atoms with van der Waals surface area (Å²) in [6, 6.07) is 17.6. The van der Waals surface area contributed by atoms with E-state index in [1.165, 1.54) is 16.5 Å². The van der Waals surface area contributed by atoms with Crippen molar-refractivity contribution >= 4 is 5.91 Å². The summed E-state index contributed by atoms with van der Waals surface area (Å²) in [7, 11) is 0. The van der Waals surface area contributed by atoms with Crippen LogP contribution in [0.5, 0.6) is 0 Å². The predicted molar refractivity (Wildman–Crippen MR) is 88.8 cm³/mol. The first kappa shape index (κ1) is 16.8. The fourth-order valence-electron chi connectivity index (χ4n) is 2.53. The molecule has 0 radical (unpaired) electrons. The summed E-state index contributed by atoms with van der Waals surface area (Å²) in [6.45, 7) is 0. The van der Waals surface area contributed by atoms with Crippen LogP contribution >= 0.6 is 0 Å². The molecule has 3 rings (SSSR count). The summed E-state index contributed by atoms with van der Waals surface area (Å²) in [5, 5.41) is 30.8. The average molecular weight is 344 g/mol. The molecule has 1 amide bonds. The van der Waals surface area contributed by atoms with Gasteiger partial charge in [-0.25, -0.2) is 15.1 Å². The van der Waals surface area contributed by atoms with Crippen molar-refractivity contribution < 1.29 is 10.0 Å². The number of rotatable bonds is 4. The lowest BCUT2D eigenvalue weighted by Crippen LogP contribution is -2.21. The van der Waals surface area contributed by atoms with Gasteiger partial charge in [0.25, 0.3) is 0 Å². The Hall–Kier alpha value is -4.01. The van der Waals surface area contributed by atoms with Crippen LogP contribution in [0.15, 0.2) is 54.9 Å². The van der Waals surface area contributed by atoms with Gasteiger partial charge >= 0.3 is 5.91 Å². The summed E-state index contributed by atoms with van der Waals surface area (Å²) >= 11 is 0. The molecule has 0 aliphatic heterocycles. The predicted octanol–water partition coefficient (Wildman–Crippen LogP) is 1.78. The van der Waals surface area contributed by atoms with E-state index in [4.69, 9.17) is 15.7 Å². The normalized spacial score (nSPS) is 10.2. The molecule has 0 aliphatic rings. The third kappa shape index (κ3) is 3.26. The molecular formula is C18H12N6O2. The van der Waals surface area contributed by atoms with Crippen molar-refractivity contribution in [3.63, 3.8) is 0 Å². The smallest absolute Gasteiger partial charge is 0.288 e. The van der Waals surface area contributed by atoms with Crippen LogP contribution in [0.3, 0.4) is 0 Å². The maximum Gasteiger partial charge on any atom is 0.314 e. The van der Waals surface area contributed by atoms with Crippen molar-refractivity contribution in [2.24, 2.45) is 0 Å². The topological polar surface area (TPSA) is 128 Å². The molecule has 8 heteroatoms. The minimum atomic E-state index is -0.817. The third-order valence-corrected chi connectivity index (χ3v) is 3.79. The van der Waals surface area contributed by atoms with Gasteiger partial charge in [0.15, 0.2) is 0 Å². The minimum absolute atomic E-state index is 0.181. The van der Waals surface area contributed by atoms with Gasteiger partial charge in [-0.2, -0.15) is 10.5 Å². The zero-order valence-corrected chi connectivity index (χ0v) is 13.4.